The molecule has 3 fully saturated rings. The minimum Gasteiger partial charge on any atom is -0.382 e. The van der Waals surface area contributed by atoms with Gasteiger partial charge in [0, 0.05) is 31.7 Å². The number of likely N-dealkylation sites (tertiary alicyclic amines) is 1. The highest BCUT2D eigenvalue weighted by molar-refractivity contribution is 7.18. The Morgan fingerprint density at radius 1 is 1.29 bits per heavy atom. The fourth-order valence-electron chi connectivity index (χ4n) is 3.87. The number of aromatic nitrogens is 1. The number of piperidine rings is 1. The van der Waals surface area contributed by atoms with Crippen molar-refractivity contribution in [3.05, 3.63) is 4.88 Å². The number of nitrogens with two attached hydrogens (primary N) is 2. The van der Waals surface area contributed by atoms with Gasteiger partial charge in [0.1, 0.15) is 10.7 Å². The molecule has 1 aliphatic carbocycles. The molecule has 0 spiro atoms. The highest BCUT2D eigenvalue weighted by Crippen LogP contribution is 2.40. The predicted octanol–water partition coefficient (Wildman–Crippen LogP) is 0.887. The number of hydrogen-bond acceptors (Lipinski definition) is 6. The minimum absolute atomic E-state index is 0.0759. The van der Waals surface area contributed by atoms with E-state index in [4.69, 9.17) is 11.5 Å². The molecule has 4 N–H and O–H groups in total. The average molecular weight is 307 g/mol. The molecule has 1 amide bonds. The first kappa shape index (κ1) is 13.3. The third kappa shape index (κ3) is 2.19. The zero-order chi connectivity index (χ0) is 14.6. The van der Waals surface area contributed by atoms with Gasteiger partial charge in [-0.15, -0.1) is 0 Å². The number of anilines is 2. The zero-order valence-corrected chi connectivity index (χ0v) is 12.8. The van der Waals surface area contributed by atoms with Crippen molar-refractivity contribution in [2.24, 2.45) is 11.7 Å². The van der Waals surface area contributed by atoms with Crippen LogP contribution in [0.25, 0.3) is 0 Å². The number of amides is 1. The number of carbonyl (C=O) groups is 1. The van der Waals surface area contributed by atoms with Crippen LogP contribution in [-0.2, 0) is 0 Å². The van der Waals surface area contributed by atoms with Crippen molar-refractivity contribution in [3.8, 4) is 0 Å². The highest BCUT2D eigenvalue weighted by atomic mass is 32.1. The summed E-state index contributed by atoms with van der Waals surface area (Å²) in [6.07, 6.45) is 4.55. The Morgan fingerprint density at radius 2 is 2.14 bits per heavy atom. The molecule has 3 aliphatic rings. The summed E-state index contributed by atoms with van der Waals surface area (Å²) in [6, 6.07) is 0.622. The molecule has 2 aliphatic heterocycles. The lowest BCUT2D eigenvalue weighted by atomic mass is 10.1. The van der Waals surface area contributed by atoms with E-state index in [1.807, 2.05) is 4.90 Å². The Balaban J connectivity index is 1.55. The van der Waals surface area contributed by atoms with Gasteiger partial charge in [-0.05, 0) is 31.6 Å². The first-order valence-corrected chi connectivity index (χ1v) is 8.51. The maximum atomic E-state index is 12.7. The number of nitrogens with zero attached hydrogens (tertiary/aromatic N) is 3. The number of fused-ring (bicyclic) bond motifs is 2. The Kier molecular flexibility index (Phi) is 3.08. The van der Waals surface area contributed by atoms with E-state index >= 15 is 0 Å². The van der Waals surface area contributed by atoms with E-state index in [0.717, 1.165) is 44.0 Å². The topological polar surface area (TPSA) is 88.5 Å². The van der Waals surface area contributed by atoms with Crippen molar-refractivity contribution < 1.29 is 4.79 Å². The van der Waals surface area contributed by atoms with Crippen LogP contribution in [0.3, 0.4) is 0 Å². The molecule has 1 saturated carbocycles. The smallest absolute Gasteiger partial charge is 0.268 e. The number of rotatable bonds is 2. The molecule has 1 aromatic heterocycles. The summed E-state index contributed by atoms with van der Waals surface area (Å²) >= 11 is 1.42. The van der Waals surface area contributed by atoms with Gasteiger partial charge in [0.2, 0.25) is 0 Å². The first-order chi connectivity index (χ1) is 10.1. The van der Waals surface area contributed by atoms with E-state index in [1.165, 1.54) is 17.8 Å². The third-order valence-corrected chi connectivity index (χ3v) is 6.12. The minimum atomic E-state index is 0.0759. The molecule has 1 aromatic rings. The standard InChI is InChI=1S/C14H21N5OS/c15-9-3-4-18(7-9)14-17-12(16)11(21-14)13(20)19-6-8-1-2-10(19)5-8/h8-10H,1-7,15-16H2. The Labute approximate surface area is 128 Å². The molecule has 2 saturated heterocycles. The summed E-state index contributed by atoms with van der Waals surface area (Å²) in [5.74, 6) is 1.15. The lowest BCUT2D eigenvalue weighted by Gasteiger charge is -2.26. The maximum Gasteiger partial charge on any atom is 0.268 e. The Bertz CT molecular complexity index is 574. The second-order valence-electron chi connectivity index (χ2n) is 6.50. The summed E-state index contributed by atoms with van der Waals surface area (Å²) in [4.78, 5) is 21.9. The summed E-state index contributed by atoms with van der Waals surface area (Å²) in [5.41, 5.74) is 11.9. The number of thiazole rings is 1. The van der Waals surface area contributed by atoms with Gasteiger partial charge >= 0.3 is 0 Å². The molecule has 0 aromatic carbocycles. The second-order valence-corrected chi connectivity index (χ2v) is 7.47. The van der Waals surface area contributed by atoms with Gasteiger partial charge in [0.25, 0.3) is 5.91 Å². The fourth-order valence-corrected chi connectivity index (χ4v) is 4.85. The lowest BCUT2D eigenvalue weighted by Crippen LogP contribution is -2.37. The Morgan fingerprint density at radius 3 is 2.76 bits per heavy atom. The average Bonchev–Trinajstić information content (AvgIpc) is 3.20. The summed E-state index contributed by atoms with van der Waals surface area (Å²) < 4.78 is 0. The predicted molar refractivity (Wildman–Crippen MR) is 83.5 cm³/mol. The van der Waals surface area contributed by atoms with Crippen molar-refractivity contribution in [2.75, 3.05) is 30.3 Å². The van der Waals surface area contributed by atoms with Gasteiger partial charge in [-0.2, -0.15) is 0 Å². The van der Waals surface area contributed by atoms with Gasteiger partial charge < -0.3 is 21.3 Å². The lowest BCUT2D eigenvalue weighted by molar-refractivity contribution is 0.0709. The molecule has 7 heteroatoms. The van der Waals surface area contributed by atoms with Crippen LogP contribution < -0.4 is 16.4 Å². The molecule has 4 rings (SSSR count). The highest BCUT2D eigenvalue weighted by Gasteiger charge is 2.41. The maximum absolute atomic E-state index is 12.7. The third-order valence-electron chi connectivity index (χ3n) is 5.00. The summed E-state index contributed by atoms with van der Waals surface area (Å²) in [6.45, 7) is 2.59. The van der Waals surface area contributed by atoms with E-state index in [2.05, 4.69) is 9.88 Å². The van der Waals surface area contributed by atoms with Crippen molar-refractivity contribution in [1.29, 1.82) is 0 Å². The molecule has 0 radical (unpaired) electrons. The molecule has 3 heterocycles. The van der Waals surface area contributed by atoms with Gasteiger partial charge in [-0.3, -0.25) is 4.79 Å². The van der Waals surface area contributed by atoms with Crippen molar-refractivity contribution >= 4 is 28.2 Å². The molecule has 21 heavy (non-hydrogen) atoms. The van der Waals surface area contributed by atoms with Gasteiger partial charge in [0.15, 0.2) is 5.13 Å². The number of hydrogen-bond donors (Lipinski definition) is 2. The van der Waals surface area contributed by atoms with Gasteiger partial charge in [-0.25, -0.2) is 4.98 Å². The quantitative estimate of drug-likeness (QED) is 0.847. The fraction of sp³-hybridized carbons (Fsp3) is 0.714. The molecular formula is C14H21N5OS. The summed E-state index contributed by atoms with van der Waals surface area (Å²) in [5, 5.41) is 0.841. The van der Waals surface area contributed by atoms with Crippen LogP contribution >= 0.6 is 11.3 Å². The second kappa shape index (κ2) is 4.84. The van der Waals surface area contributed by atoms with Gasteiger partial charge in [-0.1, -0.05) is 11.3 Å². The van der Waals surface area contributed by atoms with Crippen LogP contribution in [0.1, 0.15) is 35.4 Å². The van der Waals surface area contributed by atoms with Crippen LogP contribution in [0.2, 0.25) is 0 Å². The van der Waals surface area contributed by atoms with Crippen molar-refractivity contribution in [2.45, 2.75) is 37.8 Å². The van der Waals surface area contributed by atoms with Crippen LogP contribution in [0.5, 0.6) is 0 Å². The first-order valence-electron chi connectivity index (χ1n) is 7.69. The monoisotopic (exact) mass is 307 g/mol. The molecule has 2 bridgehead atoms. The van der Waals surface area contributed by atoms with E-state index in [1.54, 1.807) is 0 Å². The van der Waals surface area contributed by atoms with E-state index in [-0.39, 0.29) is 11.9 Å². The number of carbonyl (C=O) groups excluding carboxylic acids is 1. The van der Waals surface area contributed by atoms with Gasteiger partial charge in [0.05, 0.1) is 0 Å². The molecular weight excluding hydrogens is 286 g/mol. The van der Waals surface area contributed by atoms with Crippen LogP contribution in [0.4, 0.5) is 10.9 Å². The van der Waals surface area contributed by atoms with Crippen LogP contribution in [-0.4, -0.2) is 47.5 Å². The normalized spacial score (nSPS) is 31.4. The largest absolute Gasteiger partial charge is 0.382 e. The molecule has 114 valence electrons. The Hall–Kier alpha value is -1.34. The molecule has 3 atom stereocenters. The van der Waals surface area contributed by atoms with E-state index in [0.29, 0.717) is 22.7 Å². The van der Waals surface area contributed by atoms with Crippen LogP contribution in [0, 0.1) is 5.92 Å². The molecule has 3 unspecified atom stereocenters. The van der Waals surface area contributed by atoms with E-state index in [9.17, 15) is 4.79 Å². The van der Waals surface area contributed by atoms with E-state index < -0.39 is 0 Å². The zero-order valence-electron chi connectivity index (χ0n) is 12.0. The van der Waals surface area contributed by atoms with Crippen molar-refractivity contribution in [1.82, 2.24) is 9.88 Å². The number of nitrogen functional groups attached to an aromatic ring is 1. The van der Waals surface area contributed by atoms with Crippen molar-refractivity contribution in [3.63, 3.8) is 0 Å². The SMILES string of the molecule is Nc1nc(N2CCC(N)C2)sc1C(=O)N1CC2CCC1C2. The van der Waals surface area contributed by atoms with Crippen LogP contribution in [0.15, 0.2) is 0 Å². The molecule has 6 nitrogen and oxygen atoms in total. The summed E-state index contributed by atoms with van der Waals surface area (Å²) in [7, 11) is 0.